The third-order valence-electron chi connectivity index (χ3n) is 2.95. The Bertz CT molecular complexity index is 375. The molecule has 2 heterocycles. The summed E-state index contributed by atoms with van der Waals surface area (Å²) in [5, 5.41) is 4.60. The molecule has 4 heteroatoms. The minimum atomic E-state index is 0.152. The summed E-state index contributed by atoms with van der Waals surface area (Å²) in [5.41, 5.74) is 1.33. The summed E-state index contributed by atoms with van der Waals surface area (Å²) in [7, 11) is 0. The van der Waals surface area contributed by atoms with Crippen LogP contribution < -0.4 is 5.32 Å². The molecule has 0 bridgehead atoms. The Labute approximate surface area is 108 Å². The molecule has 1 aliphatic rings. The molecule has 0 radical (unpaired) electrons. The second kappa shape index (κ2) is 5.04. The highest BCUT2D eigenvalue weighted by molar-refractivity contribution is 7.11. The Balaban J connectivity index is 2.07. The number of thiazole rings is 1. The van der Waals surface area contributed by atoms with Gasteiger partial charge in [-0.05, 0) is 6.92 Å². The first-order chi connectivity index (χ1) is 7.97. The topological polar surface area (TPSA) is 34.2 Å². The molecule has 0 aromatic carbocycles. The Morgan fingerprint density at radius 3 is 2.76 bits per heavy atom. The zero-order chi connectivity index (χ0) is 12.5. The number of hydrogen-bond donors (Lipinski definition) is 1. The SMILES string of the molecule is Cc1nc(C(C)(C)C)sc1CC1CNCCO1. The lowest BCUT2D eigenvalue weighted by atomic mass is 9.98. The van der Waals surface area contributed by atoms with Gasteiger partial charge >= 0.3 is 0 Å². The van der Waals surface area contributed by atoms with Crippen LogP contribution in [0.4, 0.5) is 0 Å². The molecule has 0 spiro atoms. The zero-order valence-corrected chi connectivity index (χ0v) is 12.0. The molecule has 1 aliphatic heterocycles. The van der Waals surface area contributed by atoms with E-state index in [0.717, 1.165) is 26.1 Å². The summed E-state index contributed by atoms with van der Waals surface area (Å²) < 4.78 is 5.75. The van der Waals surface area contributed by atoms with Crippen LogP contribution in [-0.4, -0.2) is 30.8 Å². The van der Waals surface area contributed by atoms with E-state index in [1.165, 1.54) is 15.6 Å². The van der Waals surface area contributed by atoms with Crippen LogP contribution in [0, 0.1) is 6.92 Å². The molecule has 0 amide bonds. The van der Waals surface area contributed by atoms with E-state index in [1.54, 1.807) is 0 Å². The van der Waals surface area contributed by atoms with Gasteiger partial charge in [-0.1, -0.05) is 20.8 Å². The van der Waals surface area contributed by atoms with Gasteiger partial charge in [-0.3, -0.25) is 0 Å². The van der Waals surface area contributed by atoms with Crippen molar-refractivity contribution in [1.82, 2.24) is 10.3 Å². The monoisotopic (exact) mass is 254 g/mol. The summed E-state index contributed by atoms with van der Waals surface area (Å²) in [4.78, 5) is 6.07. The van der Waals surface area contributed by atoms with Crippen LogP contribution in [0.5, 0.6) is 0 Å². The van der Waals surface area contributed by atoms with Crippen molar-refractivity contribution in [2.45, 2.75) is 45.6 Å². The fourth-order valence-corrected chi connectivity index (χ4v) is 3.08. The second-order valence-corrected chi connectivity index (χ2v) is 6.76. The van der Waals surface area contributed by atoms with E-state index in [2.05, 4.69) is 38.0 Å². The van der Waals surface area contributed by atoms with Gasteiger partial charge in [0.25, 0.3) is 0 Å². The van der Waals surface area contributed by atoms with Gasteiger partial charge in [0, 0.05) is 29.8 Å². The number of aryl methyl sites for hydroxylation is 1. The average molecular weight is 254 g/mol. The first-order valence-electron chi connectivity index (χ1n) is 6.26. The summed E-state index contributed by atoms with van der Waals surface area (Å²) in [6.07, 6.45) is 1.31. The molecule has 17 heavy (non-hydrogen) atoms. The second-order valence-electron chi connectivity index (χ2n) is 5.68. The average Bonchev–Trinajstić information content (AvgIpc) is 2.62. The number of hydrogen-bond acceptors (Lipinski definition) is 4. The third kappa shape index (κ3) is 3.27. The molecule has 0 aliphatic carbocycles. The van der Waals surface area contributed by atoms with Crippen LogP contribution in [0.25, 0.3) is 0 Å². The van der Waals surface area contributed by atoms with E-state index >= 15 is 0 Å². The third-order valence-corrected chi connectivity index (χ3v) is 4.56. The highest BCUT2D eigenvalue weighted by Crippen LogP contribution is 2.30. The fourth-order valence-electron chi connectivity index (χ4n) is 1.90. The van der Waals surface area contributed by atoms with E-state index in [9.17, 15) is 0 Å². The maximum Gasteiger partial charge on any atom is 0.0984 e. The summed E-state index contributed by atoms with van der Waals surface area (Å²) in [6, 6.07) is 0. The van der Waals surface area contributed by atoms with E-state index in [0.29, 0.717) is 6.10 Å². The lowest BCUT2D eigenvalue weighted by Gasteiger charge is -2.23. The molecule has 1 atom stereocenters. The number of aromatic nitrogens is 1. The molecule has 96 valence electrons. The molecule has 1 saturated heterocycles. The molecular weight excluding hydrogens is 232 g/mol. The van der Waals surface area contributed by atoms with Crippen molar-refractivity contribution in [3.63, 3.8) is 0 Å². The van der Waals surface area contributed by atoms with Crippen molar-refractivity contribution in [3.05, 3.63) is 15.6 Å². The van der Waals surface area contributed by atoms with E-state index < -0.39 is 0 Å². The standard InChI is InChI=1S/C13H22N2OS/c1-9-11(7-10-8-14-5-6-16-10)17-12(15-9)13(2,3)4/h10,14H,5-8H2,1-4H3. The Kier molecular flexibility index (Phi) is 3.85. The van der Waals surface area contributed by atoms with Gasteiger partial charge in [0.1, 0.15) is 0 Å². The van der Waals surface area contributed by atoms with Crippen molar-refractivity contribution < 1.29 is 4.74 Å². The first kappa shape index (κ1) is 13.0. The zero-order valence-electron chi connectivity index (χ0n) is 11.2. The molecule has 1 N–H and O–H groups in total. The summed E-state index contributed by atoms with van der Waals surface area (Å²) in [6.45, 7) is 11.5. The Morgan fingerprint density at radius 1 is 1.47 bits per heavy atom. The minimum absolute atomic E-state index is 0.152. The molecular formula is C13H22N2OS. The maximum absolute atomic E-state index is 5.75. The van der Waals surface area contributed by atoms with Crippen LogP contribution in [0.15, 0.2) is 0 Å². The minimum Gasteiger partial charge on any atom is -0.375 e. The molecule has 1 fully saturated rings. The number of nitrogens with zero attached hydrogens (tertiary/aromatic N) is 1. The van der Waals surface area contributed by atoms with Gasteiger partial charge < -0.3 is 10.1 Å². The molecule has 0 saturated carbocycles. The van der Waals surface area contributed by atoms with E-state index in [4.69, 9.17) is 4.74 Å². The first-order valence-corrected chi connectivity index (χ1v) is 7.07. The molecule has 2 rings (SSSR count). The van der Waals surface area contributed by atoms with Gasteiger partial charge in [-0.15, -0.1) is 11.3 Å². The normalized spacial score (nSPS) is 21.8. The number of nitrogens with one attached hydrogen (secondary N) is 1. The Morgan fingerprint density at radius 2 is 2.24 bits per heavy atom. The Hall–Kier alpha value is -0.450. The van der Waals surface area contributed by atoms with Crippen molar-refractivity contribution in [2.75, 3.05) is 19.7 Å². The van der Waals surface area contributed by atoms with Crippen LogP contribution >= 0.6 is 11.3 Å². The number of morpholine rings is 1. The number of ether oxygens (including phenoxy) is 1. The maximum atomic E-state index is 5.75. The lowest BCUT2D eigenvalue weighted by Crippen LogP contribution is -2.39. The quantitative estimate of drug-likeness (QED) is 0.879. The molecule has 3 nitrogen and oxygen atoms in total. The van der Waals surface area contributed by atoms with Crippen molar-refractivity contribution in [1.29, 1.82) is 0 Å². The number of rotatable bonds is 2. The van der Waals surface area contributed by atoms with Crippen LogP contribution in [-0.2, 0) is 16.6 Å². The van der Waals surface area contributed by atoms with Gasteiger partial charge in [0.05, 0.1) is 23.4 Å². The molecule has 1 aromatic rings. The van der Waals surface area contributed by atoms with Crippen molar-refractivity contribution in [3.8, 4) is 0 Å². The predicted octanol–water partition coefficient (Wildman–Crippen LogP) is 2.28. The fraction of sp³-hybridized carbons (Fsp3) is 0.769. The predicted molar refractivity (Wildman–Crippen MR) is 71.9 cm³/mol. The van der Waals surface area contributed by atoms with Crippen LogP contribution in [0.2, 0.25) is 0 Å². The van der Waals surface area contributed by atoms with E-state index in [-0.39, 0.29) is 5.41 Å². The van der Waals surface area contributed by atoms with Crippen molar-refractivity contribution >= 4 is 11.3 Å². The summed E-state index contributed by atoms with van der Waals surface area (Å²) >= 11 is 1.84. The van der Waals surface area contributed by atoms with E-state index in [1.807, 2.05) is 11.3 Å². The van der Waals surface area contributed by atoms with Crippen molar-refractivity contribution in [2.24, 2.45) is 0 Å². The summed E-state index contributed by atoms with van der Waals surface area (Å²) in [5.74, 6) is 0. The highest BCUT2D eigenvalue weighted by Gasteiger charge is 2.22. The lowest BCUT2D eigenvalue weighted by molar-refractivity contribution is 0.0296. The van der Waals surface area contributed by atoms with Gasteiger partial charge in [0.15, 0.2) is 0 Å². The van der Waals surface area contributed by atoms with Gasteiger partial charge in [-0.25, -0.2) is 4.98 Å². The van der Waals surface area contributed by atoms with Gasteiger partial charge in [-0.2, -0.15) is 0 Å². The smallest absolute Gasteiger partial charge is 0.0984 e. The highest BCUT2D eigenvalue weighted by atomic mass is 32.1. The van der Waals surface area contributed by atoms with Crippen LogP contribution in [0.3, 0.4) is 0 Å². The van der Waals surface area contributed by atoms with Gasteiger partial charge in [0.2, 0.25) is 0 Å². The molecule has 1 aromatic heterocycles. The van der Waals surface area contributed by atoms with Crippen LogP contribution in [0.1, 0.15) is 36.3 Å². The molecule has 1 unspecified atom stereocenters. The largest absolute Gasteiger partial charge is 0.375 e.